The minimum absolute atomic E-state index is 0.0977. The SMILES string of the molecule is O=C1C=C2C[C@@H](C3=C4C=C[C@H]5C[C@]4(OC3=O)[C@@H]3CCCN35)[C@H]3C[C@]2(O1)[C@@H]1CCCN31. The summed E-state index contributed by atoms with van der Waals surface area (Å²) in [5.41, 5.74) is 2.32. The Morgan fingerprint density at radius 1 is 0.967 bits per heavy atom. The minimum Gasteiger partial charge on any atom is -0.450 e. The second-order valence-corrected chi connectivity index (χ2v) is 10.6. The van der Waals surface area contributed by atoms with Crippen LogP contribution >= 0.6 is 0 Å². The van der Waals surface area contributed by atoms with E-state index in [0.29, 0.717) is 12.1 Å². The van der Waals surface area contributed by atoms with Crippen molar-refractivity contribution in [2.75, 3.05) is 13.1 Å². The summed E-state index contributed by atoms with van der Waals surface area (Å²) in [6, 6.07) is 1.28. The molecule has 6 aliphatic heterocycles. The third-order valence-corrected chi connectivity index (χ3v) is 9.66. The molecule has 6 heterocycles. The third kappa shape index (κ3) is 1.67. The highest BCUT2D eigenvalue weighted by Gasteiger charge is 2.68. The van der Waals surface area contributed by atoms with Crippen molar-refractivity contribution in [1.29, 1.82) is 0 Å². The largest absolute Gasteiger partial charge is 0.450 e. The standard InChI is InChI=1S/C24H26N2O4/c27-20-10-13-9-15(17-12-23(13,29-20)18-3-2-8-26(17)18)21-16-6-5-14-11-24(16,30-22(21)28)19-4-1-7-25(14)19/h5-6,10,14-15,17-19H,1-4,7-9,11-12H2/t14-,15+,17+,18-,19-,23+,24+/m0/s1. The van der Waals surface area contributed by atoms with E-state index in [-0.39, 0.29) is 29.9 Å². The summed E-state index contributed by atoms with van der Waals surface area (Å²) < 4.78 is 12.3. The number of rotatable bonds is 1. The van der Waals surface area contributed by atoms with Crippen LogP contribution in [-0.4, -0.2) is 70.2 Å². The molecule has 0 radical (unpaired) electrons. The van der Waals surface area contributed by atoms with Gasteiger partial charge in [0.15, 0.2) is 11.2 Å². The van der Waals surface area contributed by atoms with Crippen molar-refractivity contribution in [3.8, 4) is 0 Å². The fourth-order valence-corrected chi connectivity index (χ4v) is 8.75. The molecule has 4 bridgehead atoms. The van der Waals surface area contributed by atoms with E-state index < -0.39 is 11.2 Å². The minimum atomic E-state index is -0.434. The first-order valence-electron chi connectivity index (χ1n) is 11.7. The summed E-state index contributed by atoms with van der Waals surface area (Å²) in [5.74, 6) is -0.199. The first-order chi connectivity index (χ1) is 14.6. The number of esters is 2. The second kappa shape index (κ2) is 5.10. The summed E-state index contributed by atoms with van der Waals surface area (Å²) >= 11 is 0. The lowest BCUT2D eigenvalue weighted by Gasteiger charge is -2.37. The number of ether oxygens (including phenoxy) is 2. The van der Waals surface area contributed by atoms with Crippen molar-refractivity contribution in [2.24, 2.45) is 5.92 Å². The Morgan fingerprint density at radius 2 is 1.77 bits per heavy atom. The molecule has 8 rings (SSSR count). The Kier molecular flexibility index (Phi) is 2.85. The Morgan fingerprint density at radius 3 is 2.63 bits per heavy atom. The van der Waals surface area contributed by atoms with Gasteiger partial charge in [-0.1, -0.05) is 12.2 Å². The van der Waals surface area contributed by atoms with E-state index >= 15 is 0 Å². The lowest BCUT2D eigenvalue weighted by atomic mass is 9.69. The van der Waals surface area contributed by atoms with Gasteiger partial charge in [-0.25, -0.2) is 9.59 Å². The van der Waals surface area contributed by atoms with Crippen molar-refractivity contribution < 1.29 is 19.1 Å². The highest BCUT2D eigenvalue weighted by atomic mass is 16.6. The van der Waals surface area contributed by atoms with Crippen molar-refractivity contribution in [1.82, 2.24) is 9.80 Å². The smallest absolute Gasteiger partial charge is 0.335 e. The molecular weight excluding hydrogens is 380 g/mol. The zero-order valence-corrected chi connectivity index (χ0v) is 17.0. The fourth-order valence-electron chi connectivity index (χ4n) is 8.75. The average Bonchev–Trinajstić information content (AvgIpc) is 3.50. The molecule has 0 unspecified atom stereocenters. The van der Waals surface area contributed by atoms with Gasteiger partial charge in [0, 0.05) is 48.1 Å². The average molecular weight is 406 g/mol. The summed E-state index contributed by atoms with van der Waals surface area (Å²) in [7, 11) is 0. The van der Waals surface area contributed by atoms with Crippen LogP contribution in [0.4, 0.5) is 0 Å². The van der Waals surface area contributed by atoms with Gasteiger partial charge >= 0.3 is 11.9 Å². The summed E-state index contributed by atoms with van der Waals surface area (Å²) in [5, 5.41) is 0. The molecular formula is C24H26N2O4. The van der Waals surface area contributed by atoms with Gasteiger partial charge < -0.3 is 9.47 Å². The van der Waals surface area contributed by atoms with Crippen LogP contribution in [0.1, 0.15) is 44.9 Å². The molecule has 8 aliphatic rings. The molecule has 30 heavy (non-hydrogen) atoms. The van der Waals surface area contributed by atoms with Crippen LogP contribution in [0.25, 0.3) is 0 Å². The number of nitrogens with zero attached hydrogens (tertiary/aromatic N) is 2. The van der Waals surface area contributed by atoms with Crippen LogP contribution in [0.15, 0.2) is 34.9 Å². The van der Waals surface area contributed by atoms with Gasteiger partial charge in [0.2, 0.25) is 0 Å². The predicted molar refractivity (Wildman–Crippen MR) is 106 cm³/mol. The molecule has 0 N–H and O–H groups in total. The summed E-state index contributed by atoms with van der Waals surface area (Å²) in [6.07, 6.45) is 13.3. The number of hydrogen-bond acceptors (Lipinski definition) is 6. The first kappa shape index (κ1) is 16.7. The highest BCUT2D eigenvalue weighted by Crippen LogP contribution is 2.61. The van der Waals surface area contributed by atoms with E-state index in [1.165, 1.54) is 6.42 Å². The van der Waals surface area contributed by atoms with Gasteiger partial charge in [-0.2, -0.15) is 0 Å². The molecule has 0 aromatic carbocycles. The maximum absolute atomic E-state index is 13.5. The normalized spacial score (nSPS) is 50.4. The fraction of sp³-hybridized carbons (Fsp3) is 0.667. The lowest BCUT2D eigenvalue weighted by Crippen LogP contribution is -2.43. The Balaban J connectivity index is 1.29. The van der Waals surface area contributed by atoms with Crippen LogP contribution in [0.3, 0.4) is 0 Å². The van der Waals surface area contributed by atoms with E-state index in [4.69, 9.17) is 9.47 Å². The molecule has 6 nitrogen and oxygen atoms in total. The molecule has 2 aliphatic carbocycles. The van der Waals surface area contributed by atoms with Crippen molar-refractivity contribution in [3.63, 3.8) is 0 Å². The van der Waals surface area contributed by atoms with Gasteiger partial charge in [0.25, 0.3) is 0 Å². The van der Waals surface area contributed by atoms with Crippen LogP contribution in [0.2, 0.25) is 0 Å². The molecule has 4 saturated heterocycles. The molecule has 2 spiro atoms. The molecule has 0 aromatic rings. The first-order valence-corrected chi connectivity index (χ1v) is 11.7. The molecule has 1 saturated carbocycles. The molecule has 0 aromatic heterocycles. The highest BCUT2D eigenvalue weighted by molar-refractivity contribution is 5.96. The maximum atomic E-state index is 13.5. The van der Waals surface area contributed by atoms with Gasteiger partial charge in [0.1, 0.15) is 0 Å². The van der Waals surface area contributed by atoms with E-state index in [9.17, 15) is 9.59 Å². The van der Waals surface area contributed by atoms with Gasteiger partial charge in [-0.15, -0.1) is 0 Å². The molecule has 6 heteroatoms. The Hall–Kier alpha value is -1.92. The quantitative estimate of drug-likeness (QED) is 0.620. The van der Waals surface area contributed by atoms with Gasteiger partial charge in [-0.3, -0.25) is 9.80 Å². The molecule has 7 atom stereocenters. The van der Waals surface area contributed by atoms with Crippen LogP contribution < -0.4 is 0 Å². The maximum Gasteiger partial charge on any atom is 0.335 e. The third-order valence-electron chi connectivity index (χ3n) is 9.66. The number of hydrogen-bond donors (Lipinski definition) is 0. The zero-order valence-electron chi connectivity index (χ0n) is 17.0. The topological polar surface area (TPSA) is 59.1 Å². The van der Waals surface area contributed by atoms with Gasteiger partial charge in [0.05, 0.1) is 12.1 Å². The zero-order chi connectivity index (χ0) is 19.8. The molecule has 156 valence electrons. The second-order valence-electron chi connectivity index (χ2n) is 10.6. The lowest BCUT2D eigenvalue weighted by molar-refractivity contribution is -0.150. The van der Waals surface area contributed by atoms with E-state index in [0.717, 1.165) is 68.3 Å². The Labute approximate surface area is 175 Å². The monoisotopic (exact) mass is 406 g/mol. The van der Waals surface area contributed by atoms with Crippen molar-refractivity contribution >= 4 is 11.9 Å². The van der Waals surface area contributed by atoms with E-state index in [1.807, 2.05) is 0 Å². The van der Waals surface area contributed by atoms with Crippen LogP contribution in [-0.2, 0) is 19.1 Å². The van der Waals surface area contributed by atoms with Crippen LogP contribution in [0.5, 0.6) is 0 Å². The molecule has 5 fully saturated rings. The number of fused-ring (bicyclic) bond motifs is 6. The van der Waals surface area contributed by atoms with E-state index in [2.05, 4.69) is 22.0 Å². The predicted octanol–water partition coefficient (Wildman–Crippen LogP) is 1.86. The van der Waals surface area contributed by atoms with Gasteiger partial charge in [-0.05, 0) is 50.8 Å². The molecule has 0 amide bonds. The number of carbonyl (C=O) groups excluding carboxylic acids is 2. The summed E-state index contributed by atoms with van der Waals surface area (Å²) in [4.78, 5) is 30.9. The van der Waals surface area contributed by atoms with E-state index in [1.54, 1.807) is 6.08 Å². The number of carbonyl (C=O) groups is 2. The van der Waals surface area contributed by atoms with Crippen molar-refractivity contribution in [3.05, 3.63) is 34.9 Å². The Bertz CT molecular complexity index is 1010. The van der Waals surface area contributed by atoms with Crippen molar-refractivity contribution in [2.45, 2.75) is 80.3 Å². The van der Waals surface area contributed by atoms with Crippen LogP contribution in [0, 0.1) is 5.92 Å². The summed E-state index contributed by atoms with van der Waals surface area (Å²) in [6.45, 7) is 2.15.